The number of esters is 1. The lowest BCUT2D eigenvalue weighted by molar-refractivity contribution is -0.119. The van der Waals surface area contributed by atoms with Crippen molar-refractivity contribution in [2.45, 2.75) is 6.92 Å². The standard InChI is InChI=1S/C21H14Cl2FN3O3S/c1-11-13-9-18(31-20(13)27(26-11)17-5-3-2-4-14(17)22)21(29)30-10-19(28)25-16-7-6-12(24)8-15(16)23/h2-9H,10H2,1H3,(H,25,28). The van der Waals surface area contributed by atoms with Crippen LogP contribution in [0.25, 0.3) is 15.9 Å². The van der Waals surface area contributed by atoms with E-state index >= 15 is 0 Å². The van der Waals surface area contributed by atoms with Gasteiger partial charge in [0.05, 0.1) is 27.1 Å². The van der Waals surface area contributed by atoms with Gasteiger partial charge in [-0.25, -0.2) is 13.9 Å². The zero-order chi connectivity index (χ0) is 22.1. The lowest BCUT2D eigenvalue weighted by Gasteiger charge is -2.07. The van der Waals surface area contributed by atoms with Gasteiger partial charge < -0.3 is 10.1 Å². The molecule has 0 radical (unpaired) electrons. The molecular weight excluding hydrogens is 464 g/mol. The Kier molecular flexibility index (Phi) is 5.95. The van der Waals surface area contributed by atoms with Crippen molar-refractivity contribution in [3.63, 3.8) is 0 Å². The molecule has 158 valence electrons. The monoisotopic (exact) mass is 477 g/mol. The predicted molar refractivity (Wildman–Crippen MR) is 119 cm³/mol. The van der Waals surface area contributed by atoms with Gasteiger partial charge in [-0.05, 0) is 43.3 Å². The Balaban J connectivity index is 1.49. The minimum absolute atomic E-state index is 0.0452. The van der Waals surface area contributed by atoms with E-state index in [0.29, 0.717) is 15.6 Å². The minimum atomic E-state index is -0.647. The topological polar surface area (TPSA) is 73.2 Å². The van der Waals surface area contributed by atoms with E-state index in [1.807, 2.05) is 25.1 Å². The summed E-state index contributed by atoms with van der Waals surface area (Å²) in [5.41, 5.74) is 1.65. The molecule has 0 saturated heterocycles. The van der Waals surface area contributed by atoms with Gasteiger partial charge in [0.2, 0.25) is 0 Å². The van der Waals surface area contributed by atoms with Gasteiger partial charge in [0.15, 0.2) is 6.61 Å². The highest BCUT2D eigenvalue weighted by Crippen LogP contribution is 2.32. The van der Waals surface area contributed by atoms with Crippen LogP contribution >= 0.6 is 34.5 Å². The summed E-state index contributed by atoms with van der Waals surface area (Å²) in [7, 11) is 0. The van der Waals surface area contributed by atoms with Crippen LogP contribution in [0.15, 0.2) is 48.5 Å². The summed E-state index contributed by atoms with van der Waals surface area (Å²) >= 11 is 13.4. The molecule has 1 amide bonds. The predicted octanol–water partition coefficient (Wildman–Crippen LogP) is 5.64. The van der Waals surface area contributed by atoms with Crippen LogP contribution in [0, 0.1) is 12.7 Å². The molecule has 0 saturated carbocycles. The third kappa shape index (κ3) is 4.41. The van der Waals surface area contributed by atoms with Gasteiger partial charge in [0.1, 0.15) is 15.5 Å². The molecule has 4 aromatic rings. The van der Waals surface area contributed by atoms with Crippen molar-refractivity contribution in [2.24, 2.45) is 0 Å². The van der Waals surface area contributed by atoms with Gasteiger partial charge in [-0.2, -0.15) is 5.10 Å². The maximum absolute atomic E-state index is 13.1. The quantitative estimate of drug-likeness (QED) is 0.377. The van der Waals surface area contributed by atoms with Crippen molar-refractivity contribution in [3.05, 3.63) is 75.0 Å². The third-order valence-corrected chi connectivity index (χ3v) is 6.09. The van der Waals surface area contributed by atoms with Gasteiger partial charge in [0, 0.05) is 5.39 Å². The molecule has 0 aliphatic heterocycles. The Labute approximate surface area is 190 Å². The van der Waals surface area contributed by atoms with E-state index in [1.165, 1.54) is 17.4 Å². The van der Waals surface area contributed by atoms with Crippen molar-refractivity contribution in [1.82, 2.24) is 9.78 Å². The zero-order valence-corrected chi connectivity index (χ0v) is 18.3. The Morgan fingerprint density at radius 2 is 1.94 bits per heavy atom. The van der Waals surface area contributed by atoms with Crippen LogP contribution < -0.4 is 5.32 Å². The molecule has 1 N–H and O–H groups in total. The fourth-order valence-corrected chi connectivity index (χ4v) is 4.41. The van der Waals surface area contributed by atoms with Gasteiger partial charge in [-0.1, -0.05) is 35.3 Å². The summed E-state index contributed by atoms with van der Waals surface area (Å²) < 4.78 is 19.9. The Morgan fingerprint density at radius 3 is 2.68 bits per heavy atom. The first-order chi connectivity index (χ1) is 14.8. The van der Waals surface area contributed by atoms with E-state index in [1.54, 1.807) is 16.8 Å². The third-order valence-electron chi connectivity index (χ3n) is 4.37. The number of aromatic nitrogens is 2. The molecule has 2 aromatic carbocycles. The van der Waals surface area contributed by atoms with E-state index in [0.717, 1.165) is 28.0 Å². The molecule has 0 bridgehead atoms. The Morgan fingerprint density at radius 1 is 1.16 bits per heavy atom. The number of anilines is 1. The molecular formula is C21H14Cl2FN3O3S. The summed E-state index contributed by atoms with van der Waals surface area (Å²) in [4.78, 5) is 25.6. The molecule has 0 fully saturated rings. The van der Waals surface area contributed by atoms with Crippen LogP contribution in [0.1, 0.15) is 15.4 Å². The van der Waals surface area contributed by atoms with Crippen molar-refractivity contribution in [3.8, 4) is 5.69 Å². The maximum Gasteiger partial charge on any atom is 0.348 e. The number of hydrogen-bond acceptors (Lipinski definition) is 5. The van der Waals surface area contributed by atoms with E-state index in [4.69, 9.17) is 27.9 Å². The molecule has 2 aromatic heterocycles. The van der Waals surface area contributed by atoms with Gasteiger partial charge >= 0.3 is 5.97 Å². The summed E-state index contributed by atoms with van der Waals surface area (Å²) in [5, 5.41) is 8.34. The SMILES string of the molecule is Cc1nn(-c2ccccc2Cl)c2sc(C(=O)OCC(=O)Nc3ccc(F)cc3Cl)cc12. The Hall–Kier alpha value is -2.94. The lowest BCUT2D eigenvalue weighted by atomic mass is 10.3. The van der Waals surface area contributed by atoms with Crippen LogP contribution in [0.3, 0.4) is 0 Å². The molecule has 2 heterocycles. The molecule has 6 nitrogen and oxygen atoms in total. The van der Waals surface area contributed by atoms with Gasteiger partial charge in [0.25, 0.3) is 5.91 Å². The number of thiophene rings is 1. The fraction of sp³-hybridized carbons (Fsp3) is 0.0952. The number of carbonyl (C=O) groups excluding carboxylic acids is 2. The lowest BCUT2D eigenvalue weighted by Crippen LogP contribution is -2.20. The van der Waals surface area contributed by atoms with Crippen LogP contribution in [0.5, 0.6) is 0 Å². The van der Waals surface area contributed by atoms with E-state index in [2.05, 4.69) is 10.4 Å². The second-order valence-electron chi connectivity index (χ2n) is 6.53. The average Bonchev–Trinajstić information content (AvgIpc) is 3.30. The molecule has 4 rings (SSSR count). The number of rotatable bonds is 5. The number of nitrogens with one attached hydrogen (secondary N) is 1. The Bertz CT molecular complexity index is 1320. The molecule has 31 heavy (non-hydrogen) atoms. The first-order valence-corrected chi connectivity index (χ1v) is 10.6. The number of benzene rings is 2. The maximum atomic E-state index is 13.1. The van der Waals surface area contributed by atoms with Gasteiger partial charge in [-0.3, -0.25) is 4.79 Å². The van der Waals surface area contributed by atoms with Gasteiger partial charge in [-0.15, -0.1) is 11.3 Å². The van der Waals surface area contributed by atoms with Crippen LogP contribution in [0.2, 0.25) is 10.0 Å². The highest BCUT2D eigenvalue weighted by atomic mass is 35.5. The minimum Gasteiger partial charge on any atom is -0.451 e. The highest BCUT2D eigenvalue weighted by Gasteiger charge is 2.20. The number of amides is 1. The molecule has 0 spiro atoms. The van der Waals surface area contributed by atoms with Crippen LogP contribution in [-0.4, -0.2) is 28.3 Å². The number of para-hydroxylation sites is 1. The number of halogens is 3. The average molecular weight is 478 g/mol. The molecule has 10 heteroatoms. The summed E-state index contributed by atoms with van der Waals surface area (Å²) in [6.07, 6.45) is 0. The smallest absolute Gasteiger partial charge is 0.348 e. The number of ether oxygens (including phenoxy) is 1. The highest BCUT2D eigenvalue weighted by molar-refractivity contribution is 7.20. The molecule has 0 aliphatic carbocycles. The first kappa shape index (κ1) is 21.3. The number of carbonyl (C=O) groups is 2. The molecule has 0 unspecified atom stereocenters. The van der Waals surface area contributed by atoms with E-state index in [-0.39, 0.29) is 10.7 Å². The van der Waals surface area contributed by atoms with Crippen molar-refractivity contribution < 1.29 is 18.7 Å². The second kappa shape index (κ2) is 8.66. The largest absolute Gasteiger partial charge is 0.451 e. The number of nitrogens with zero attached hydrogens (tertiary/aromatic N) is 2. The first-order valence-electron chi connectivity index (χ1n) is 8.99. The normalized spacial score (nSPS) is 11.0. The van der Waals surface area contributed by atoms with E-state index in [9.17, 15) is 14.0 Å². The second-order valence-corrected chi connectivity index (χ2v) is 8.37. The van der Waals surface area contributed by atoms with E-state index < -0.39 is 24.3 Å². The van der Waals surface area contributed by atoms with Crippen LogP contribution in [-0.2, 0) is 9.53 Å². The number of aryl methyl sites for hydroxylation is 1. The molecule has 0 atom stereocenters. The van der Waals surface area contributed by atoms with Crippen LogP contribution in [0.4, 0.5) is 10.1 Å². The summed E-state index contributed by atoms with van der Waals surface area (Å²) in [6.45, 7) is 1.31. The summed E-state index contributed by atoms with van der Waals surface area (Å²) in [6, 6.07) is 12.5. The molecule has 0 aliphatic rings. The number of hydrogen-bond donors (Lipinski definition) is 1. The summed E-state index contributed by atoms with van der Waals surface area (Å²) in [5.74, 6) is -1.77. The number of fused-ring (bicyclic) bond motifs is 1. The zero-order valence-electron chi connectivity index (χ0n) is 16.0. The van der Waals surface area contributed by atoms with Crippen molar-refractivity contribution in [1.29, 1.82) is 0 Å². The van der Waals surface area contributed by atoms with Crippen molar-refractivity contribution >= 4 is 62.3 Å². The van der Waals surface area contributed by atoms with Crippen molar-refractivity contribution in [2.75, 3.05) is 11.9 Å². The fourth-order valence-electron chi connectivity index (χ4n) is 2.91.